The Morgan fingerprint density at radius 1 is 1.45 bits per heavy atom. The molecule has 0 N–H and O–H groups in total. The normalized spacial score (nSPS) is 10.3. The van der Waals surface area contributed by atoms with Gasteiger partial charge < -0.3 is 4.74 Å². The number of esters is 1. The summed E-state index contributed by atoms with van der Waals surface area (Å²) in [6.45, 7) is 5.14. The predicted molar refractivity (Wildman–Crippen MR) is 73.3 cm³/mol. The molecule has 0 aliphatic carbocycles. The van der Waals surface area contributed by atoms with E-state index in [1.807, 2.05) is 17.9 Å². The number of hydrogen-bond acceptors (Lipinski definition) is 4. The van der Waals surface area contributed by atoms with Crippen molar-refractivity contribution in [3.63, 3.8) is 0 Å². The zero-order valence-electron chi connectivity index (χ0n) is 11.9. The third-order valence-electron chi connectivity index (χ3n) is 2.77. The largest absolute Gasteiger partial charge is 0.465 e. The third kappa shape index (κ3) is 4.98. The second-order valence-electron chi connectivity index (χ2n) is 4.43. The summed E-state index contributed by atoms with van der Waals surface area (Å²) >= 11 is 0. The monoisotopic (exact) mass is 278 g/mol. The molecule has 0 heterocycles. The lowest BCUT2D eigenvalue weighted by atomic mass is 10.1. The minimum Gasteiger partial charge on any atom is -0.465 e. The molecule has 0 aliphatic rings. The van der Waals surface area contributed by atoms with E-state index in [1.165, 1.54) is 18.2 Å². The van der Waals surface area contributed by atoms with Crippen LogP contribution >= 0.6 is 0 Å². The van der Waals surface area contributed by atoms with Crippen molar-refractivity contribution in [1.82, 2.24) is 4.90 Å². The Hall–Kier alpha value is -1.93. The minimum atomic E-state index is -0.367. The lowest BCUT2D eigenvalue weighted by Crippen LogP contribution is -2.31. The first-order valence-corrected chi connectivity index (χ1v) is 6.67. The van der Waals surface area contributed by atoms with Crippen LogP contribution < -0.4 is 0 Å². The molecule has 0 fully saturated rings. The Bertz CT molecular complexity index is 497. The van der Waals surface area contributed by atoms with Crippen LogP contribution in [0.1, 0.15) is 31.4 Å². The van der Waals surface area contributed by atoms with Crippen LogP contribution in [0.4, 0.5) is 4.39 Å². The molecule has 0 aromatic heterocycles. The first-order valence-electron chi connectivity index (χ1n) is 6.67. The molecule has 108 valence electrons. The fraction of sp³-hybridized carbons (Fsp3) is 0.467. The highest BCUT2D eigenvalue weighted by Crippen LogP contribution is 2.13. The zero-order chi connectivity index (χ0) is 15.0. The van der Waals surface area contributed by atoms with Gasteiger partial charge in [0.1, 0.15) is 5.82 Å². The van der Waals surface area contributed by atoms with Gasteiger partial charge in [0.25, 0.3) is 0 Å². The SMILES string of the molecule is CCCN(CC(=O)OCC)Cc1cc(C#N)ccc1F. The molecule has 0 atom stereocenters. The predicted octanol–water partition coefficient (Wildman–Crippen LogP) is 2.47. The summed E-state index contributed by atoms with van der Waals surface area (Å²) in [5, 5.41) is 8.85. The highest BCUT2D eigenvalue weighted by Gasteiger charge is 2.14. The first kappa shape index (κ1) is 16.1. The molecular formula is C15H19FN2O2. The highest BCUT2D eigenvalue weighted by molar-refractivity contribution is 5.71. The van der Waals surface area contributed by atoms with E-state index in [0.717, 1.165) is 6.42 Å². The van der Waals surface area contributed by atoms with Crippen molar-refractivity contribution < 1.29 is 13.9 Å². The molecule has 0 bridgehead atoms. The number of ether oxygens (including phenoxy) is 1. The van der Waals surface area contributed by atoms with E-state index in [2.05, 4.69) is 0 Å². The van der Waals surface area contributed by atoms with Gasteiger partial charge in [0.15, 0.2) is 0 Å². The minimum absolute atomic E-state index is 0.123. The number of carbonyl (C=O) groups is 1. The summed E-state index contributed by atoms with van der Waals surface area (Å²) in [4.78, 5) is 13.3. The topological polar surface area (TPSA) is 53.3 Å². The quantitative estimate of drug-likeness (QED) is 0.719. The summed E-state index contributed by atoms with van der Waals surface area (Å²) in [5.41, 5.74) is 0.829. The number of halogens is 1. The molecule has 1 aromatic carbocycles. The molecule has 0 aliphatic heterocycles. The van der Waals surface area contributed by atoms with E-state index in [0.29, 0.717) is 24.3 Å². The van der Waals surface area contributed by atoms with Gasteiger partial charge in [-0.3, -0.25) is 9.69 Å². The maximum absolute atomic E-state index is 13.7. The zero-order valence-corrected chi connectivity index (χ0v) is 11.9. The maximum Gasteiger partial charge on any atom is 0.320 e. The van der Waals surface area contributed by atoms with Crippen molar-refractivity contribution in [3.05, 3.63) is 35.1 Å². The number of nitrogens with zero attached hydrogens (tertiary/aromatic N) is 2. The van der Waals surface area contributed by atoms with Crippen LogP contribution in [0.2, 0.25) is 0 Å². The second kappa shape index (κ2) is 8.28. The Labute approximate surface area is 118 Å². The average molecular weight is 278 g/mol. The van der Waals surface area contributed by atoms with E-state index < -0.39 is 0 Å². The van der Waals surface area contributed by atoms with Crippen molar-refractivity contribution in [1.29, 1.82) is 5.26 Å². The molecule has 5 heteroatoms. The van der Waals surface area contributed by atoms with Crippen LogP contribution in [0.3, 0.4) is 0 Å². The third-order valence-corrected chi connectivity index (χ3v) is 2.77. The fourth-order valence-electron chi connectivity index (χ4n) is 1.93. The van der Waals surface area contributed by atoms with E-state index in [9.17, 15) is 9.18 Å². The summed E-state index contributed by atoms with van der Waals surface area (Å²) < 4.78 is 18.6. The van der Waals surface area contributed by atoms with Gasteiger partial charge in [-0.2, -0.15) is 5.26 Å². The first-order chi connectivity index (χ1) is 9.60. The number of benzene rings is 1. The Morgan fingerprint density at radius 2 is 2.20 bits per heavy atom. The highest BCUT2D eigenvalue weighted by atomic mass is 19.1. The molecule has 0 spiro atoms. The fourth-order valence-corrected chi connectivity index (χ4v) is 1.93. The van der Waals surface area contributed by atoms with Gasteiger partial charge >= 0.3 is 5.97 Å². The summed E-state index contributed by atoms with van der Waals surface area (Å²) in [6, 6.07) is 6.22. The van der Waals surface area contributed by atoms with Crippen molar-refractivity contribution in [2.24, 2.45) is 0 Å². The maximum atomic E-state index is 13.7. The molecule has 0 unspecified atom stereocenters. The Morgan fingerprint density at radius 3 is 2.80 bits per heavy atom. The van der Waals surface area contributed by atoms with Crippen molar-refractivity contribution in [3.8, 4) is 6.07 Å². The van der Waals surface area contributed by atoms with Crippen molar-refractivity contribution >= 4 is 5.97 Å². The second-order valence-corrected chi connectivity index (χ2v) is 4.43. The molecule has 0 amide bonds. The Kier molecular flexibility index (Phi) is 6.68. The lowest BCUT2D eigenvalue weighted by molar-refractivity contribution is -0.144. The van der Waals surface area contributed by atoms with Crippen molar-refractivity contribution in [2.75, 3.05) is 19.7 Å². The van der Waals surface area contributed by atoms with Gasteiger partial charge in [-0.15, -0.1) is 0 Å². The average Bonchev–Trinajstić information content (AvgIpc) is 2.41. The van der Waals surface area contributed by atoms with Gasteiger partial charge in [0.2, 0.25) is 0 Å². The van der Waals surface area contributed by atoms with Gasteiger partial charge in [-0.05, 0) is 38.1 Å². The molecular weight excluding hydrogens is 259 g/mol. The lowest BCUT2D eigenvalue weighted by Gasteiger charge is -2.21. The number of nitriles is 1. The van der Waals surface area contributed by atoms with Crippen molar-refractivity contribution in [2.45, 2.75) is 26.8 Å². The van der Waals surface area contributed by atoms with Gasteiger partial charge in [0, 0.05) is 12.1 Å². The van der Waals surface area contributed by atoms with Gasteiger partial charge in [0.05, 0.1) is 24.8 Å². The standard InChI is InChI=1S/C15H19FN2O2/c1-3-7-18(11-15(19)20-4-2)10-13-8-12(9-17)5-6-14(13)16/h5-6,8H,3-4,7,10-11H2,1-2H3. The molecule has 0 saturated carbocycles. The summed E-state index contributed by atoms with van der Waals surface area (Å²) in [5.74, 6) is -0.688. The Balaban J connectivity index is 2.79. The van der Waals surface area contributed by atoms with Crippen LogP contribution in [0.15, 0.2) is 18.2 Å². The summed E-state index contributed by atoms with van der Waals surface area (Å²) in [6.07, 6.45) is 0.846. The molecule has 1 aromatic rings. The van der Waals surface area contributed by atoms with Crippen LogP contribution in [0, 0.1) is 17.1 Å². The van der Waals surface area contributed by atoms with Crippen LogP contribution in [-0.2, 0) is 16.1 Å². The smallest absolute Gasteiger partial charge is 0.320 e. The van der Waals surface area contributed by atoms with Gasteiger partial charge in [-0.25, -0.2) is 4.39 Å². The van der Waals surface area contributed by atoms with Crippen LogP contribution in [0.25, 0.3) is 0 Å². The number of hydrogen-bond donors (Lipinski definition) is 0. The molecule has 0 radical (unpaired) electrons. The van der Waals surface area contributed by atoms with E-state index in [4.69, 9.17) is 10.00 Å². The van der Waals surface area contributed by atoms with Crippen LogP contribution in [0.5, 0.6) is 0 Å². The van der Waals surface area contributed by atoms with Crippen LogP contribution in [-0.4, -0.2) is 30.6 Å². The van der Waals surface area contributed by atoms with E-state index in [-0.39, 0.29) is 24.9 Å². The molecule has 20 heavy (non-hydrogen) atoms. The van der Waals surface area contributed by atoms with E-state index >= 15 is 0 Å². The summed E-state index contributed by atoms with van der Waals surface area (Å²) in [7, 11) is 0. The van der Waals surface area contributed by atoms with Gasteiger partial charge in [-0.1, -0.05) is 6.92 Å². The number of carbonyl (C=O) groups excluding carboxylic acids is 1. The number of rotatable bonds is 7. The molecule has 1 rings (SSSR count). The molecule has 4 nitrogen and oxygen atoms in total. The van der Waals surface area contributed by atoms with E-state index in [1.54, 1.807) is 6.92 Å². The molecule has 0 saturated heterocycles.